The summed E-state index contributed by atoms with van der Waals surface area (Å²) >= 11 is 0. The topological polar surface area (TPSA) is 23.5 Å². The van der Waals surface area contributed by atoms with Crippen LogP contribution >= 0.6 is 0 Å². The highest BCUT2D eigenvalue weighted by Gasteiger charge is 2.25. The fraction of sp³-hybridized carbons (Fsp3) is 0.800. The Labute approximate surface area is 74.9 Å². The van der Waals surface area contributed by atoms with E-state index in [0.29, 0.717) is 5.92 Å². The van der Waals surface area contributed by atoms with Gasteiger partial charge >= 0.3 is 0 Å². The van der Waals surface area contributed by atoms with Gasteiger partial charge in [0.1, 0.15) is 0 Å². The van der Waals surface area contributed by atoms with Crippen LogP contribution in [0.3, 0.4) is 0 Å². The van der Waals surface area contributed by atoms with E-state index in [1.807, 2.05) is 6.92 Å². The predicted molar refractivity (Wildman–Crippen MR) is 51.0 cm³/mol. The molecule has 0 aromatic carbocycles. The Morgan fingerprint density at radius 1 is 1.75 bits per heavy atom. The Morgan fingerprint density at radius 3 is 2.83 bits per heavy atom. The van der Waals surface area contributed by atoms with Crippen molar-refractivity contribution < 1.29 is 5.11 Å². The molecule has 2 heteroatoms. The van der Waals surface area contributed by atoms with Crippen LogP contribution in [0, 0.1) is 5.92 Å². The van der Waals surface area contributed by atoms with Crippen molar-refractivity contribution in [3.63, 3.8) is 0 Å². The fourth-order valence-corrected chi connectivity index (χ4v) is 1.78. The summed E-state index contributed by atoms with van der Waals surface area (Å²) in [7, 11) is 0. The number of nitrogens with zero attached hydrogens (tertiary/aromatic N) is 1. The van der Waals surface area contributed by atoms with Crippen LogP contribution < -0.4 is 0 Å². The third-order valence-corrected chi connectivity index (χ3v) is 2.48. The van der Waals surface area contributed by atoms with Crippen molar-refractivity contribution in [3.05, 3.63) is 12.2 Å². The van der Waals surface area contributed by atoms with Gasteiger partial charge in [-0.2, -0.15) is 0 Å². The molecule has 0 aliphatic carbocycles. The first-order valence-corrected chi connectivity index (χ1v) is 4.64. The van der Waals surface area contributed by atoms with Crippen molar-refractivity contribution in [2.75, 3.05) is 19.6 Å². The van der Waals surface area contributed by atoms with Crippen LogP contribution in [0.4, 0.5) is 0 Å². The van der Waals surface area contributed by atoms with Gasteiger partial charge in [-0.25, -0.2) is 0 Å². The maximum Gasteiger partial charge on any atom is 0.0552 e. The van der Waals surface area contributed by atoms with Crippen molar-refractivity contribution in [2.45, 2.75) is 26.4 Å². The van der Waals surface area contributed by atoms with Crippen molar-refractivity contribution in [1.29, 1.82) is 0 Å². The molecule has 2 nitrogen and oxygen atoms in total. The summed E-state index contributed by atoms with van der Waals surface area (Å²) in [6.45, 7) is 11.0. The van der Waals surface area contributed by atoms with E-state index in [0.717, 1.165) is 26.1 Å². The second kappa shape index (κ2) is 4.06. The molecule has 1 aliphatic heterocycles. The average molecular weight is 169 g/mol. The molecule has 70 valence electrons. The standard InChI is InChI=1S/C10H19NO/c1-8(2)6-11-5-4-10(7-11)9(3)12/h9-10,12H,1,4-7H2,2-3H3. The maximum atomic E-state index is 9.35. The molecule has 2 atom stereocenters. The zero-order valence-electron chi connectivity index (χ0n) is 8.08. The molecule has 1 rings (SSSR count). The normalized spacial score (nSPS) is 27.4. The van der Waals surface area contributed by atoms with Crippen LogP contribution in [-0.2, 0) is 0 Å². The van der Waals surface area contributed by atoms with E-state index in [2.05, 4.69) is 18.4 Å². The van der Waals surface area contributed by atoms with Crippen molar-refractivity contribution in [3.8, 4) is 0 Å². The maximum absolute atomic E-state index is 9.35. The van der Waals surface area contributed by atoms with Crippen molar-refractivity contribution in [2.24, 2.45) is 5.92 Å². The molecule has 0 spiro atoms. The van der Waals surface area contributed by atoms with Crippen molar-refractivity contribution in [1.82, 2.24) is 4.90 Å². The van der Waals surface area contributed by atoms with Crippen molar-refractivity contribution >= 4 is 0 Å². The SMILES string of the molecule is C=C(C)CN1CCC(C(C)O)C1. The highest BCUT2D eigenvalue weighted by molar-refractivity contribution is 4.94. The molecule has 0 amide bonds. The lowest BCUT2D eigenvalue weighted by molar-refractivity contribution is 0.128. The lowest BCUT2D eigenvalue weighted by atomic mass is 10.0. The number of likely N-dealkylation sites (tertiary alicyclic amines) is 1. The predicted octanol–water partition coefficient (Wildman–Crippen LogP) is 1.27. The summed E-state index contributed by atoms with van der Waals surface area (Å²) in [6.07, 6.45) is 0.977. The Balaban J connectivity index is 2.30. The molecule has 1 heterocycles. The van der Waals surface area contributed by atoms with E-state index in [1.165, 1.54) is 5.57 Å². The minimum Gasteiger partial charge on any atom is -0.393 e. The molecule has 1 N–H and O–H groups in total. The number of hydrogen-bond acceptors (Lipinski definition) is 2. The van der Waals surface area contributed by atoms with Gasteiger partial charge in [0.2, 0.25) is 0 Å². The fourth-order valence-electron chi connectivity index (χ4n) is 1.78. The Hall–Kier alpha value is -0.340. The summed E-state index contributed by atoms with van der Waals surface area (Å²) in [5.41, 5.74) is 1.21. The highest BCUT2D eigenvalue weighted by Crippen LogP contribution is 2.19. The average Bonchev–Trinajstić information content (AvgIpc) is 2.34. The Bertz CT molecular complexity index is 165. The first-order chi connectivity index (χ1) is 5.59. The molecule has 0 aromatic rings. The van der Waals surface area contributed by atoms with Gasteiger partial charge in [0, 0.05) is 13.1 Å². The number of aliphatic hydroxyl groups is 1. The van der Waals surface area contributed by atoms with E-state index < -0.39 is 0 Å². The molecule has 1 saturated heterocycles. The summed E-state index contributed by atoms with van der Waals surface area (Å²) in [4.78, 5) is 2.36. The second-order valence-corrected chi connectivity index (χ2v) is 3.98. The smallest absolute Gasteiger partial charge is 0.0552 e. The van der Waals surface area contributed by atoms with Gasteiger partial charge in [0.25, 0.3) is 0 Å². The van der Waals surface area contributed by atoms with E-state index in [-0.39, 0.29) is 6.10 Å². The second-order valence-electron chi connectivity index (χ2n) is 3.98. The molecule has 0 aromatic heterocycles. The molecular weight excluding hydrogens is 150 g/mol. The summed E-state index contributed by atoms with van der Waals surface area (Å²) in [6, 6.07) is 0. The number of aliphatic hydroxyl groups excluding tert-OH is 1. The van der Waals surface area contributed by atoms with Gasteiger partial charge in [-0.3, -0.25) is 4.90 Å². The van der Waals surface area contributed by atoms with E-state index >= 15 is 0 Å². The minimum atomic E-state index is -0.153. The lowest BCUT2D eigenvalue weighted by Gasteiger charge is -2.16. The molecule has 12 heavy (non-hydrogen) atoms. The molecule has 2 unspecified atom stereocenters. The van der Waals surface area contributed by atoms with Gasteiger partial charge in [-0.1, -0.05) is 12.2 Å². The van der Waals surface area contributed by atoms with E-state index in [1.54, 1.807) is 0 Å². The summed E-state index contributed by atoms with van der Waals surface area (Å²) < 4.78 is 0. The third kappa shape index (κ3) is 2.61. The quantitative estimate of drug-likeness (QED) is 0.643. The first-order valence-electron chi connectivity index (χ1n) is 4.64. The molecule has 1 fully saturated rings. The van der Waals surface area contributed by atoms with Gasteiger partial charge in [-0.05, 0) is 32.7 Å². The van der Waals surface area contributed by atoms with Crippen LogP contribution in [0.2, 0.25) is 0 Å². The molecular formula is C10H19NO. The third-order valence-electron chi connectivity index (χ3n) is 2.48. The van der Waals surface area contributed by atoms with Gasteiger partial charge in [0.15, 0.2) is 0 Å². The largest absolute Gasteiger partial charge is 0.393 e. The minimum absolute atomic E-state index is 0.153. The lowest BCUT2D eigenvalue weighted by Crippen LogP contribution is -2.25. The van der Waals surface area contributed by atoms with Crippen LogP contribution in [0.25, 0.3) is 0 Å². The highest BCUT2D eigenvalue weighted by atomic mass is 16.3. The van der Waals surface area contributed by atoms with Crippen LogP contribution in [0.1, 0.15) is 20.3 Å². The van der Waals surface area contributed by atoms with E-state index in [9.17, 15) is 5.11 Å². The molecule has 0 bridgehead atoms. The number of rotatable bonds is 3. The molecule has 0 radical (unpaired) electrons. The summed E-state index contributed by atoms with van der Waals surface area (Å²) in [5, 5.41) is 9.35. The number of hydrogen-bond donors (Lipinski definition) is 1. The van der Waals surface area contributed by atoms with Crippen LogP contribution in [-0.4, -0.2) is 35.7 Å². The zero-order chi connectivity index (χ0) is 9.14. The molecule has 0 saturated carbocycles. The monoisotopic (exact) mass is 169 g/mol. The first kappa shape index (κ1) is 9.75. The zero-order valence-corrected chi connectivity index (χ0v) is 8.08. The Morgan fingerprint density at radius 2 is 2.42 bits per heavy atom. The van der Waals surface area contributed by atoms with Gasteiger partial charge in [-0.15, -0.1) is 0 Å². The Kier molecular flexibility index (Phi) is 3.29. The van der Waals surface area contributed by atoms with Gasteiger partial charge < -0.3 is 5.11 Å². The molecule has 1 aliphatic rings. The van der Waals surface area contributed by atoms with Gasteiger partial charge in [0.05, 0.1) is 6.10 Å². The van der Waals surface area contributed by atoms with Crippen LogP contribution in [0.15, 0.2) is 12.2 Å². The summed E-state index contributed by atoms with van der Waals surface area (Å²) in [5.74, 6) is 0.476. The van der Waals surface area contributed by atoms with E-state index in [4.69, 9.17) is 0 Å². The van der Waals surface area contributed by atoms with Crippen LogP contribution in [0.5, 0.6) is 0 Å².